The molecule has 0 unspecified atom stereocenters. The van der Waals surface area contributed by atoms with Crippen LogP contribution in [0.1, 0.15) is 62.1 Å². The van der Waals surface area contributed by atoms with Crippen LogP contribution in [0, 0.1) is 5.41 Å². The molecule has 44 heavy (non-hydrogen) atoms. The van der Waals surface area contributed by atoms with Gasteiger partial charge in [0.15, 0.2) is 0 Å². The number of likely N-dealkylation sites (tertiary alicyclic amines) is 1. The minimum absolute atomic E-state index is 0.0966. The number of nitrogen functional groups attached to an aromatic ring is 1. The third kappa shape index (κ3) is 5.40. The largest absolute Gasteiger partial charge is 0.497 e. The van der Waals surface area contributed by atoms with Gasteiger partial charge in [0.2, 0.25) is 0 Å². The Morgan fingerprint density at radius 3 is 2.55 bits per heavy atom. The second-order valence-electron chi connectivity index (χ2n) is 13.1. The number of nitrogens with two attached hydrogens (primary N) is 1. The monoisotopic (exact) mass is 592 g/mol. The molecule has 8 nitrogen and oxygen atoms in total. The van der Waals surface area contributed by atoms with Gasteiger partial charge in [0, 0.05) is 39.4 Å². The highest BCUT2D eigenvalue weighted by atomic mass is 16.5. The third-order valence-electron chi connectivity index (χ3n) is 10.5. The number of piperidine rings is 2. The first-order valence-corrected chi connectivity index (χ1v) is 16.1. The van der Waals surface area contributed by atoms with Crippen LogP contribution in [0.4, 0.5) is 11.5 Å². The highest BCUT2D eigenvalue weighted by Gasteiger charge is 2.37. The Morgan fingerprint density at radius 2 is 1.84 bits per heavy atom. The predicted molar refractivity (Wildman–Crippen MR) is 178 cm³/mol. The van der Waals surface area contributed by atoms with Gasteiger partial charge in [-0.15, -0.1) is 0 Å². The fourth-order valence-corrected chi connectivity index (χ4v) is 7.88. The Hall–Kier alpha value is -4.04. The van der Waals surface area contributed by atoms with E-state index in [1.54, 1.807) is 7.11 Å². The first kappa shape index (κ1) is 28.7. The zero-order valence-corrected chi connectivity index (χ0v) is 26.0. The fourth-order valence-electron chi connectivity index (χ4n) is 7.88. The molecule has 8 heteroatoms. The highest BCUT2D eigenvalue weighted by Crippen LogP contribution is 2.47. The second-order valence-corrected chi connectivity index (χ2v) is 13.1. The number of aryl methyl sites for hydroxylation is 1. The van der Waals surface area contributed by atoms with Gasteiger partial charge >= 0.3 is 5.69 Å². The maximum absolute atomic E-state index is 13.8. The number of allylic oxidation sites excluding steroid dienone is 2. The average Bonchev–Trinajstić information content (AvgIpc) is 3.32. The van der Waals surface area contributed by atoms with Crippen molar-refractivity contribution >= 4 is 28.1 Å². The van der Waals surface area contributed by atoms with Gasteiger partial charge in [-0.3, -0.25) is 14.0 Å². The molecule has 4 aromatic rings. The lowest BCUT2D eigenvalue weighted by atomic mass is 9.68. The maximum atomic E-state index is 13.8. The number of para-hydroxylation sites is 1. The molecule has 7 rings (SSSR count). The van der Waals surface area contributed by atoms with Crippen LogP contribution in [0.25, 0.3) is 16.6 Å². The summed E-state index contributed by atoms with van der Waals surface area (Å²) in [5.41, 5.74) is 13.5. The molecule has 2 aliphatic heterocycles. The molecule has 0 amide bonds. The lowest BCUT2D eigenvalue weighted by Crippen LogP contribution is -2.41. The summed E-state index contributed by atoms with van der Waals surface area (Å²) in [4.78, 5) is 23.1. The first-order chi connectivity index (χ1) is 21.4. The van der Waals surface area contributed by atoms with Crippen LogP contribution < -0.4 is 21.1 Å². The molecule has 2 aromatic heterocycles. The smallest absolute Gasteiger partial charge is 0.329 e. The number of nitrogens with zero attached hydrogens (tertiary/aromatic N) is 5. The maximum Gasteiger partial charge on any atom is 0.329 e. The lowest BCUT2D eigenvalue weighted by molar-refractivity contribution is 0.170. The molecule has 3 aliphatic rings. The number of ether oxygens (including phenoxy) is 1. The van der Waals surface area contributed by atoms with E-state index in [0.717, 1.165) is 75.2 Å². The molecule has 2 saturated heterocycles. The molecule has 0 saturated carbocycles. The van der Waals surface area contributed by atoms with E-state index in [0.29, 0.717) is 11.2 Å². The molecule has 2 N–H and O–H groups in total. The zero-order chi connectivity index (χ0) is 30.3. The summed E-state index contributed by atoms with van der Waals surface area (Å²) in [6.07, 6.45) is 12.2. The Labute approximate surface area is 259 Å². The van der Waals surface area contributed by atoms with E-state index < -0.39 is 0 Å². The van der Waals surface area contributed by atoms with Gasteiger partial charge in [0.1, 0.15) is 11.6 Å². The van der Waals surface area contributed by atoms with Gasteiger partial charge in [0.05, 0.1) is 29.9 Å². The molecule has 0 radical (unpaired) electrons. The van der Waals surface area contributed by atoms with E-state index in [9.17, 15) is 4.79 Å². The summed E-state index contributed by atoms with van der Waals surface area (Å²) in [6, 6.07) is 19.0. The molecule has 2 fully saturated rings. The van der Waals surface area contributed by atoms with Crippen LogP contribution in [-0.4, -0.2) is 52.3 Å². The number of fused-ring (bicyclic) bond motifs is 1. The molecular formula is C36H44N6O2. The fraction of sp³-hybridized carbons (Fsp3) is 0.444. The molecule has 4 heterocycles. The molecular weight excluding hydrogens is 548 g/mol. The topological polar surface area (TPSA) is 81.5 Å². The Balaban J connectivity index is 1.07. The Bertz CT molecular complexity index is 1710. The van der Waals surface area contributed by atoms with E-state index in [1.807, 2.05) is 36.0 Å². The van der Waals surface area contributed by atoms with Crippen LogP contribution in [0.5, 0.6) is 5.75 Å². The van der Waals surface area contributed by atoms with E-state index in [2.05, 4.69) is 61.8 Å². The number of rotatable bonds is 6. The summed E-state index contributed by atoms with van der Waals surface area (Å²) in [5.74, 6) is 1.45. The van der Waals surface area contributed by atoms with Gasteiger partial charge < -0.3 is 15.4 Å². The van der Waals surface area contributed by atoms with Gasteiger partial charge in [0.25, 0.3) is 0 Å². The number of methoxy groups -OCH3 is 1. The van der Waals surface area contributed by atoms with Crippen molar-refractivity contribution in [1.82, 2.24) is 19.0 Å². The van der Waals surface area contributed by atoms with Crippen molar-refractivity contribution in [2.45, 2.75) is 57.5 Å². The molecule has 1 spiro atoms. The van der Waals surface area contributed by atoms with Crippen molar-refractivity contribution in [3.63, 3.8) is 0 Å². The quantitative estimate of drug-likeness (QED) is 0.295. The zero-order valence-electron chi connectivity index (χ0n) is 26.0. The average molecular weight is 593 g/mol. The van der Waals surface area contributed by atoms with Crippen LogP contribution in [0.3, 0.4) is 0 Å². The highest BCUT2D eigenvalue weighted by molar-refractivity contribution is 5.90. The summed E-state index contributed by atoms with van der Waals surface area (Å²) >= 11 is 0. The van der Waals surface area contributed by atoms with Gasteiger partial charge in [-0.25, -0.2) is 9.78 Å². The van der Waals surface area contributed by atoms with Crippen LogP contribution in [-0.2, 0) is 13.6 Å². The number of imidazole rings is 1. The van der Waals surface area contributed by atoms with E-state index in [1.165, 1.54) is 41.6 Å². The molecule has 1 atom stereocenters. The number of anilines is 2. The van der Waals surface area contributed by atoms with Crippen molar-refractivity contribution in [3.05, 3.63) is 88.5 Å². The summed E-state index contributed by atoms with van der Waals surface area (Å²) < 4.78 is 9.31. The van der Waals surface area contributed by atoms with Crippen LogP contribution >= 0.6 is 0 Å². The summed E-state index contributed by atoms with van der Waals surface area (Å²) in [6.45, 7) is 4.85. The minimum Gasteiger partial charge on any atom is -0.497 e. The van der Waals surface area contributed by atoms with Crippen molar-refractivity contribution < 1.29 is 4.74 Å². The number of benzene rings is 2. The van der Waals surface area contributed by atoms with Crippen LogP contribution in [0.15, 0.2) is 71.7 Å². The third-order valence-corrected chi connectivity index (χ3v) is 10.5. The minimum atomic E-state index is 0.0966. The van der Waals surface area contributed by atoms with E-state index in [4.69, 9.17) is 10.5 Å². The Kier molecular flexibility index (Phi) is 7.70. The summed E-state index contributed by atoms with van der Waals surface area (Å²) in [5, 5.41) is 0. The number of hydrogen-bond donors (Lipinski definition) is 1. The normalized spacial score (nSPS) is 20.6. The Morgan fingerprint density at radius 1 is 1.02 bits per heavy atom. The number of pyridine rings is 1. The van der Waals surface area contributed by atoms with Gasteiger partial charge in [-0.1, -0.05) is 24.3 Å². The molecule has 230 valence electrons. The van der Waals surface area contributed by atoms with E-state index in [-0.39, 0.29) is 11.7 Å². The lowest BCUT2D eigenvalue weighted by Gasteiger charge is -2.44. The van der Waals surface area contributed by atoms with Crippen molar-refractivity contribution in [2.24, 2.45) is 12.5 Å². The van der Waals surface area contributed by atoms with E-state index >= 15 is 0 Å². The molecule has 2 aromatic carbocycles. The van der Waals surface area contributed by atoms with Crippen molar-refractivity contribution in [1.29, 1.82) is 0 Å². The molecule has 0 bridgehead atoms. The number of aromatic nitrogens is 3. The van der Waals surface area contributed by atoms with Gasteiger partial charge in [-0.2, -0.15) is 0 Å². The number of hydrogen-bond acceptors (Lipinski definition) is 6. The summed E-state index contributed by atoms with van der Waals surface area (Å²) in [7, 11) is 3.65. The predicted octanol–water partition coefficient (Wildman–Crippen LogP) is 6.02. The van der Waals surface area contributed by atoms with Gasteiger partial charge in [-0.05, 0) is 110 Å². The second kappa shape index (κ2) is 11.8. The molecule has 1 aliphatic carbocycles. The standard InChI is InChI=1S/C36H44N6O2/c1-39-34-31(41-21-18-36(19-22-41)16-14-27(15-17-36)28-10-13-33(37)38-23-28)6-3-7-32(34)42(35(39)43)29-5-4-20-40(25-29)24-26-8-11-30(44-2)12-9-26/h3,6-14,23,29H,4-5,15-22,24-25H2,1-2H3,(H2,37,38)/t29-/m1/s1. The van der Waals surface area contributed by atoms with Crippen LogP contribution in [0.2, 0.25) is 0 Å². The van der Waals surface area contributed by atoms with Crippen molar-refractivity contribution in [2.75, 3.05) is 43.9 Å². The first-order valence-electron chi connectivity index (χ1n) is 16.1. The van der Waals surface area contributed by atoms with Crippen molar-refractivity contribution in [3.8, 4) is 5.75 Å². The SMILES string of the molecule is COc1ccc(CN2CCC[C@@H](n3c(=O)n(C)c4c(N5CCC6(CC=C(c7ccc(N)nc7)CC6)CC5)cccc43)C2)cc1.